The number of benzene rings is 2. The van der Waals surface area contributed by atoms with Crippen LogP contribution < -0.4 is 5.32 Å². The van der Waals surface area contributed by atoms with Gasteiger partial charge in [0.25, 0.3) is 5.91 Å². The number of hydrogen-bond acceptors (Lipinski definition) is 2. The van der Waals surface area contributed by atoms with Crippen molar-refractivity contribution in [1.29, 1.82) is 5.26 Å². The minimum atomic E-state index is -0.146. The molecule has 0 aliphatic rings. The Hall–Kier alpha value is -2.60. The second-order valence-electron chi connectivity index (χ2n) is 4.16. The first-order valence-corrected chi connectivity index (χ1v) is 6.14. The van der Waals surface area contributed by atoms with E-state index < -0.39 is 0 Å². The highest BCUT2D eigenvalue weighted by Gasteiger charge is 2.09. The molecule has 0 aliphatic heterocycles. The molecular formula is C16H14N2O. The molecule has 0 saturated heterocycles. The average molecular weight is 250 g/mol. The summed E-state index contributed by atoms with van der Waals surface area (Å²) in [6.45, 7) is 2.02. The van der Waals surface area contributed by atoms with Gasteiger partial charge < -0.3 is 5.32 Å². The molecule has 0 aromatic heterocycles. The summed E-state index contributed by atoms with van der Waals surface area (Å²) >= 11 is 0. The average Bonchev–Trinajstić information content (AvgIpc) is 2.47. The predicted molar refractivity (Wildman–Crippen MR) is 74.9 cm³/mol. The summed E-state index contributed by atoms with van der Waals surface area (Å²) in [4.78, 5) is 12.2. The molecule has 1 N–H and O–H groups in total. The standard InChI is InChI=1S/C16H14N2O/c1-2-13-7-3-4-9-15(13)16(19)18-14-8-5-6-12(10-14)11-17/h3-10H,2H2,1H3,(H,18,19). The monoisotopic (exact) mass is 250 g/mol. The SMILES string of the molecule is CCc1ccccc1C(=O)Nc1cccc(C#N)c1. The van der Waals surface area contributed by atoms with Crippen LogP contribution in [-0.4, -0.2) is 5.91 Å². The zero-order chi connectivity index (χ0) is 13.7. The summed E-state index contributed by atoms with van der Waals surface area (Å²) in [6.07, 6.45) is 0.807. The molecule has 0 fully saturated rings. The van der Waals surface area contributed by atoms with E-state index in [1.807, 2.05) is 31.2 Å². The summed E-state index contributed by atoms with van der Waals surface area (Å²) in [7, 11) is 0. The van der Waals surface area contributed by atoms with Gasteiger partial charge >= 0.3 is 0 Å². The van der Waals surface area contributed by atoms with E-state index in [1.165, 1.54) is 0 Å². The molecule has 2 aromatic rings. The Balaban J connectivity index is 2.23. The second kappa shape index (κ2) is 5.83. The molecule has 3 heteroatoms. The van der Waals surface area contributed by atoms with Gasteiger partial charge in [-0.1, -0.05) is 31.2 Å². The molecule has 3 nitrogen and oxygen atoms in total. The van der Waals surface area contributed by atoms with Crippen LogP contribution in [0.15, 0.2) is 48.5 Å². The van der Waals surface area contributed by atoms with Crippen LogP contribution in [0.2, 0.25) is 0 Å². The van der Waals surface area contributed by atoms with Crippen molar-refractivity contribution >= 4 is 11.6 Å². The Morgan fingerprint density at radius 1 is 1.21 bits per heavy atom. The van der Waals surface area contributed by atoms with E-state index in [-0.39, 0.29) is 5.91 Å². The fourth-order valence-electron chi connectivity index (χ4n) is 1.92. The lowest BCUT2D eigenvalue weighted by atomic mass is 10.0. The van der Waals surface area contributed by atoms with Crippen LogP contribution in [-0.2, 0) is 6.42 Å². The van der Waals surface area contributed by atoms with E-state index >= 15 is 0 Å². The Kier molecular flexibility index (Phi) is 3.94. The molecular weight excluding hydrogens is 236 g/mol. The number of anilines is 1. The number of nitriles is 1. The Morgan fingerprint density at radius 3 is 2.74 bits per heavy atom. The first kappa shape index (κ1) is 12.8. The molecule has 0 aliphatic carbocycles. The van der Waals surface area contributed by atoms with Gasteiger partial charge in [0.15, 0.2) is 0 Å². The highest BCUT2D eigenvalue weighted by molar-refractivity contribution is 6.05. The van der Waals surface area contributed by atoms with Crippen molar-refractivity contribution in [2.45, 2.75) is 13.3 Å². The van der Waals surface area contributed by atoms with Crippen molar-refractivity contribution in [3.63, 3.8) is 0 Å². The molecule has 0 heterocycles. The lowest BCUT2D eigenvalue weighted by Crippen LogP contribution is -2.14. The Labute approximate surface area is 112 Å². The number of rotatable bonds is 3. The van der Waals surface area contributed by atoms with Crippen LogP contribution in [0.1, 0.15) is 28.4 Å². The summed E-state index contributed by atoms with van der Waals surface area (Å²) < 4.78 is 0. The quantitative estimate of drug-likeness (QED) is 0.908. The smallest absolute Gasteiger partial charge is 0.255 e. The van der Waals surface area contributed by atoms with E-state index in [0.29, 0.717) is 16.8 Å². The largest absolute Gasteiger partial charge is 0.322 e. The van der Waals surface area contributed by atoms with E-state index in [1.54, 1.807) is 24.3 Å². The normalized spacial score (nSPS) is 9.68. The van der Waals surface area contributed by atoms with Crippen molar-refractivity contribution in [2.24, 2.45) is 0 Å². The first-order chi connectivity index (χ1) is 9.24. The Bertz CT molecular complexity index is 641. The van der Waals surface area contributed by atoms with Gasteiger partial charge in [-0.25, -0.2) is 0 Å². The summed E-state index contributed by atoms with van der Waals surface area (Å²) in [5.41, 5.74) is 2.85. The maximum absolute atomic E-state index is 12.2. The van der Waals surface area contributed by atoms with Crippen LogP contribution in [0.3, 0.4) is 0 Å². The molecule has 2 rings (SSSR count). The number of nitrogens with one attached hydrogen (secondary N) is 1. The van der Waals surface area contributed by atoms with Crippen LogP contribution in [0.4, 0.5) is 5.69 Å². The van der Waals surface area contributed by atoms with Crippen LogP contribution >= 0.6 is 0 Å². The predicted octanol–water partition coefficient (Wildman–Crippen LogP) is 3.37. The lowest BCUT2D eigenvalue weighted by Gasteiger charge is -2.08. The number of carbonyl (C=O) groups excluding carboxylic acids is 1. The lowest BCUT2D eigenvalue weighted by molar-refractivity contribution is 0.102. The number of amides is 1. The molecule has 0 radical (unpaired) electrons. The highest BCUT2D eigenvalue weighted by atomic mass is 16.1. The number of nitrogens with zero attached hydrogens (tertiary/aromatic N) is 1. The van der Waals surface area contributed by atoms with Crippen molar-refractivity contribution < 1.29 is 4.79 Å². The minimum absolute atomic E-state index is 0.146. The molecule has 1 amide bonds. The Morgan fingerprint density at radius 2 is 2.00 bits per heavy atom. The molecule has 0 saturated carbocycles. The van der Waals surface area contributed by atoms with Gasteiger partial charge in [-0.05, 0) is 36.2 Å². The van der Waals surface area contributed by atoms with Gasteiger partial charge in [-0.3, -0.25) is 4.79 Å². The topological polar surface area (TPSA) is 52.9 Å². The summed E-state index contributed by atoms with van der Waals surface area (Å²) in [5, 5.41) is 11.7. The fourth-order valence-corrected chi connectivity index (χ4v) is 1.92. The maximum Gasteiger partial charge on any atom is 0.255 e. The third-order valence-corrected chi connectivity index (χ3v) is 2.89. The molecule has 0 spiro atoms. The first-order valence-electron chi connectivity index (χ1n) is 6.14. The van der Waals surface area contributed by atoms with E-state index in [0.717, 1.165) is 12.0 Å². The van der Waals surface area contributed by atoms with Crippen LogP contribution in [0.5, 0.6) is 0 Å². The number of carbonyl (C=O) groups is 1. The van der Waals surface area contributed by atoms with Crippen molar-refractivity contribution in [2.75, 3.05) is 5.32 Å². The fraction of sp³-hybridized carbons (Fsp3) is 0.125. The van der Waals surface area contributed by atoms with E-state index in [9.17, 15) is 4.79 Å². The maximum atomic E-state index is 12.2. The van der Waals surface area contributed by atoms with Crippen molar-refractivity contribution in [3.8, 4) is 6.07 Å². The highest BCUT2D eigenvalue weighted by Crippen LogP contribution is 2.14. The molecule has 94 valence electrons. The number of hydrogen-bond donors (Lipinski definition) is 1. The van der Waals surface area contributed by atoms with Crippen molar-refractivity contribution in [3.05, 3.63) is 65.2 Å². The van der Waals surface area contributed by atoms with E-state index in [4.69, 9.17) is 5.26 Å². The summed E-state index contributed by atoms with van der Waals surface area (Å²) in [5.74, 6) is -0.146. The zero-order valence-corrected chi connectivity index (χ0v) is 10.7. The van der Waals surface area contributed by atoms with Gasteiger partial charge in [-0.15, -0.1) is 0 Å². The number of aryl methyl sites for hydroxylation is 1. The van der Waals surface area contributed by atoms with Gasteiger partial charge in [0.1, 0.15) is 0 Å². The molecule has 0 atom stereocenters. The van der Waals surface area contributed by atoms with Gasteiger partial charge in [0.05, 0.1) is 11.6 Å². The summed E-state index contributed by atoms with van der Waals surface area (Å²) in [6, 6.07) is 16.5. The molecule has 2 aromatic carbocycles. The van der Waals surface area contributed by atoms with Gasteiger partial charge in [-0.2, -0.15) is 5.26 Å². The third-order valence-electron chi connectivity index (χ3n) is 2.89. The molecule has 0 bridgehead atoms. The molecule has 19 heavy (non-hydrogen) atoms. The van der Waals surface area contributed by atoms with Gasteiger partial charge in [0.2, 0.25) is 0 Å². The zero-order valence-electron chi connectivity index (χ0n) is 10.7. The third kappa shape index (κ3) is 2.99. The molecule has 0 unspecified atom stereocenters. The van der Waals surface area contributed by atoms with Crippen LogP contribution in [0, 0.1) is 11.3 Å². The minimum Gasteiger partial charge on any atom is -0.322 e. The van der Waals surface area contributed by atoms with Gasteiger partial charge in [0, 0.05) is 11.3 Å². The van der Waals surface area contributed by atoms with Crippen LogP contribution in [0.25, 0.3) is 0 Å². The second-order valence-corrected chi connectivity index (χ2v) is 4.16. The van der Waals surface area contributed by atoms with Crippen molar-refractivity contribution in [1.82, 2.24) is 0 Å². The van der Waals surface area contributed by atoms with E-state index in [2.05, 4.69) is 11.4 Å².